The number of carbonyl (C=O) groups is 2. The van der Waals surface area contributed by atoms with Gasteiger partial charge in [-0.15, -0.1) is 11.3 Å². The van der Waals surface area contributed by atoms with Crippen molar-refractivity contribution >= 4 is 28.3 Å². The van der Waals surface area contributed by atoms with Crippen molar-refractivity contribution in [2.45, 2.75) is 37.8 Å². The molecule has 148 valence electrons. The van der Waals surface area contributed by atoms with Crippen LogP contribution in [0.2, 0.25) is 0 Å². The molecule has 0 unspecified atom stereocenters. The highest BCUT2D eigenvalue weighted by atomic mass is 32.1. The standard InChI is InChI=1S/C19H20F2N4O2S/c20-13-6-3-11(8-14(13)21)15-10-28-19(24-15)22-9-17(26)25-7-1-2-16(25)18(27)23-12-4-5-12/h3,6,8,10,12,16H,1-2,4-5,7,9H2,(H,22,24)(H,23,27)/t16-/m0/s1. The third-order valence-corrected chi connectivity index (χ3v) is 5.71. The first-order valence-electron chi connectivity index (χ1n) is 9.26. The molecular formula is C19H20F2N4O2S. The number of benzene rings is 1. The smallest absolute Gasteiger partial charge is 0.243 e. The Balaban J connectivity index is 1.35. The van der Waals surface area contributed by atoms with Gasteiger partial charge in [-0.1, -0.05) is 0 Å². The van der Waals surface area contributed by atoms with Gasteiger partial charge in [0.15, 0.2) is 16.8 Å². The zero-order valence-electron chi connectivity index (χ0n) is 15.1. The minimum absolute atomic E-state index is 0.0257. The lowest BCUT2D eigenvalue weighted by atomic mass is 10.2. The molecule has 2 aromatic rings. The number of hydrogen-bond acceptors (Lipinski definition) is 5. The predicted octanol–water partition coefficient (Wildman–Crippen LogP) is 2.77. The van der Waals surface area contributed by atoms with Crippen molar-refractivity contribution in [2.75, 3.05) is 18.4 Å². The first-order valence-corrected chi connectivity index (χ1v) is 10.1. The first kappa shape index (κ1) is 18.8. The van der Waals surface area contributed by atoms with E-state index >= 15 is 0 Å². The van der Waals surface area contributed by atoms with Gasteiger partial charge in [-0.25, -0.2) is 13.8 Å². The Morgan fingerprint density at radius 1 is 1.21 bits per heavy atom. The molecule has 1 aromatic heterocycles. The maximum absolute atomic E-state index is 13.4. The number of rotatable bonds is 6. The van der Waals surface area contributed by atoms with E-state index in [-0.39, 0.29) is 24.4 Å². The number of aromatic nitrogens is 1. The van der Waals surface area contributed by atoms with Gasteiger partial charge in [-0.2, -0.15) is 0 Å². The van der Waals surface area contributed by atoms with E-state index < -0.39 is 17.7 Å². The van der Waals surface area contributed by atoms with E-state index in [0.717, 1.165) is 31.4 Å². The van der Waals surface area contributed by atoms with Crippen LogP contribution in [-0.2, 0) is 9.59 Å². The quantitative estimate of drug-likeness (QED) is 0.774. The summed E-state index contributed by atoms with van der Waals surface area (Å²) in [5.41, 5.74) is 0.965. The van der Waals surface area contributed by atoms with E-state index in [1.165, 1.54) is 17.4 Å². The summed E-state index contributed by atoms with van der Waals surface area (Å²) < 4.78 is 26.4. The Bertz CT molecular complexity index is 900. The fourth-order valence-electron chi connectivity index (χ4n) is 3.26. The molecule has 2 fully saturated rings. The van der Waals surface area contributed by atoms with Gasteiger partial charge < -0.3 is 15.5 Å². The molecule has 2 N–H and O–H groups in total. The summed E-state index contributed by atoms with van der Waals surface area (Å²) in [5.74, 6) is -2.06. The molecule has 1 aromatic carbocycles. The molecular weight excluding hydrogens is 386 g/mol. The number of thiazole rings is 1. The minimum Gasteiger partial charge on any atom is -0.352 e. The second-order valence-corrected chi connectivity index (χ2v) is 7.91. The second-order valence-electron chi connectivity index (χ2n) is 7.05. The van der Waals surface area contributed by atoms with Crippen LogP contribution in [0.1, 0.15) is 25.7 Å². The lowest BCUT2D eigenvalue weighted by molar-refractivity contribution is -0.137. The zero-order valence-corrected chi connectivity index (χ0v) is 15.9. The predicted molar refractivity (Wildman–Crippen MR) is 102 cm³/mol. The molecule has 0 bridgehead atoms. The number of carbonyl (C=O) groups excluding carboxylic acids is 2. The van der Waals surface area contributed by atoms with Crippen LogP contribution in [0.15, 0.2) is 23.6 Å². The van der Waals surface area contributed by atoms with E-state index in [9.17, 15) is 18.4 Å². The fourth-order valence-corrected chi connectivity index (χ4v) is 3.98. The monoisotopic (exact) mass is 406 g/mol. The van der Waals surface area contributed by atoms with Crippen LogP contribution in [-0.4, -0.2) is 46.9 Å². The number of likely N-dealkylation sites (tertiary alicyclic amines) is 1. The van der Waals surface area contributed by atoms with Gasteiger partial charge >= 0.3 is 0 Å². The van der Waals surface area contributed by atoms with E-state index in [0.29, 0.717) is 29.4 Å². The largest absolute Gasteiger partial charge is 0.352 e. The van der Waals surface area contributed by atoms with Crippen molar-refractivity contribution < 1.29 is 18.4 Å². The third kappa shape index (κ3) is 4.14. The van der Waals surface area contributed by atoms with Gasteiger partial charge in [0, 0.05) is 23.5 Å². The van der Waals surface area contributed by atoms with E-state index in [1.54, 1.807) is 10.3 Å². The molecule has 1 atom stereocenters. The van der Waals surface area contributed by atoms with Crippen LogP contribution in [0.5, 0.6) is 0 Å². The van der Waals surface area contributed by atoms with Crippen molar-refractivity contribution in [3.63, 3.8) is 0 Å². The molecule has 1 aliphatic carbocycles. The van der Waals surface area contributed by atoms with Crippen LogP contribution < -0.4 is 10.6 Å². The molecule has 1 saturated heterocycles. The SMILES string of the molecule is O=C(NC1CC1)[C@@H]1CCCN1C(=O)CNc1nc(-c2ccc(F)c(F)c2)cs1. The number of halogens is 2. The van der Waals surface area contributed by atoms with Gasteiger partial charge in [0.1, 0.15) is 6.04 Å². The lowest BCUT2D eigenvalue weighted by Gasteiger charge is -2.24. The van der Waals surface area contributed by atoms with Crippen LogP contribution in [0.3, 0.4) is 0 Å². The number of amides is 2. The molecule has 9 heteroatoms. The summed E-state index contributed by atoms with van der Waals surface area (Å²) >= 11 is 1.27. The molecule has 0 radical (unpaired) electrons. The number of nitrogens with zero attached hydrogens (tertiary/aromatic N) is 2. The summed E-state index contributed by atoms with van der Waals surface area (Å²) in [6.45, 7) is 0.596. The fraction of sp³-hybridized carbons (Fsp3) is 0.421. The summed E-state index contributed by atoms with van der Waals surface area (Å²) in [6.07, 6.45) is 3.52. The topological polar surface area (TPSA) is 74.3 Å². The Kier molecular flexibility index (Phi) is 5.25. The van der Waals surface area contributed by atoms with Gasteiger partial charge in [-0.3, -0.25) is 9.59 Å². The van der Waals surface area contributed by atoms with E-state index in [2.05, 4.69) is 15.6 Å². The van der Waals surface area contributed by atoms with Crippen LogP contribution in [0, 0.1) is 11.6 Å². The molecule has 6 nitrogen and oxygen atoms in total. The van der Waals surface area contributed by atoms with Crippen LogP contribution in [0.4, 0.5) is 13.9 Å². The van der Waals surface area contributed by atoms with E-state index in [1.807, 2.05) is 0 Å². The Morgan fingerprint density at radius 3 is 2.79 bits per heavy atom. The van der Waals surface area contributed by atoms with Gasteiger partial charge in [0.25, 0.3) is 0 Å². The molecule has 28 heavy (non-hydrogen) atoms. The number of nitrogens with one attached hydrogen (secondary N) is 2. The summed E-state index contributed by atoms with van der Waals surface area (Å²) in [4.78, 5) is 30.8. The molecule has 0 spiro atoms. The van der Waals surface area contributed by atoms with Crippen LogP contribution in [0.25, 0.3) is 11.3 Å². The highest BCUT2D eigenvalue weighted by Crippen LogP contribution is 2.26. The zero-order chi connectivity index (χ0) is 19.7. The second kappa shape index (κ2) is 7.83. The highest BCUT2D eigenvalue weighted by molar-refractivity contribution is 7.14. The van der Waals surface area contributed by atoms with Crippen molar-refractivity contribution in [1.82, 2.24) is 15.2 Å². The molecule has 2 heterocycles. The van der Waals surface area contributed by atoms with Gasteiger partial charge in [0.05, 0.1) is 12.2 Å². The Morgan fingerprint density at radius 2 is 2.04 bits per heavy atom. The maximum Gasteiger partial charge on any atom is 0.243 e. The average molecular weight is 406 g/mol. The normalized spacial score (nSPS) is 18.9. The average Bonchev–Trinajstić information content (AvgIpc) is 3.18. The Labute approximate surface area is 164 Å². The number of anilines is 1. The maximum atomic E-state index is 13.4. The van der Waals surface area contributed by atoms with Gasteiger partial charge in [-0.05, 0) is 43.9 Å². The van der Waals surface area contributed by atoms with Crippen LogP contribution >= 0.6 is 11.3 Å². The molecule has 2 amide bonds. The molecule has 2 aliphatic rings. The summed E-state index contributed by atoms with van der Waals surface area (Å²) in [5, 5.41) is 8.15. The summed E-state index contributed by atoms with van der Waals surface area (Å²) in [7, 11) is 0. The van der Waals surface area contributed by atoms with E-state index in [4.69, 9.17) is 0 Å². The van der Waals surface area contributed by atoms with Crippen molar-refractivity contribution in [1.29, 1.82) is 0 Å². The van der Waals surface area contributed by atoms with Crippen molar-refractivity contribution in [3.8, 4) is 11.3 Å². The Hall–Kier alpha value is -2.55. The summed E-state index contributed by atoms with van der Waals surface area (Å²) in [6, 6.07) is 3.47. The highest BCUT2D eigenvalue weighted by Gasteiger charge is 2.36. The molecule has 4 rings (SSSR count). The minimum atomic E-state index is -0.931. The molecule has 1 aliphatic heterocycles. The van der Waals surface area contributed by atoms with Crippen molar-refractivity contribution in [3.05, 3.63) is 35.2 Å². The van der Waals surface area contributed by atoms with Crippen molar-refractivity contribution in [2.24, 2.45) is 0 Å². The number of hydrogen-bond donors (Lipinski definition) is 2. The molecule has 1 saturated carbocycles. The first-order chi connectivity index (χ1) is 13.5. The lowest BCUT2D eigenvalue weighted by Crippen LogP contribution is -2.48. The van der Waals surface area contributed by atoms with Gasteiger partial charge in [0.2, 0.25) is 11.8 Å². The third-order valence-electron chi connectivity index (χ3n) is 4.91.